The fourth-order valence-electron chi connectivity index (χ4n) is 2.52. The number of hydrogen-bond donors (Lipinski definition) is 2. The molecule has 1 amide bonds. The van der Waals surface area contributed by atoms with E-state index in [-0.39, 0.29) is 42.5 Å². The van der Waals surface area contributed by atoms with Gasteiger partial charge in [-0.15, -0.1) is 35.3 Å². The van der Waals surface area contributed by atoms with Gasteiger partial charge < -0.3 is 20.3 Å². The summed E-state index contributed by atoms with van der Waals surface area (Å²) < 4.78 is 5.75. The molecular weight excluding hydrogens is 463 g/mol. The molecule has 1 aromatic rings. The summed E-state index contributed by atoms with van der Waals surface area (Å²) in [6, 6.07) is 4.31. The number of halogens is 1. The zero-order valence-corrected chi connectivity index (χ0v) is 19.1. The van der Waals surface area contributed by atoms with Crippen LogP contribution in [0, 0.1) is 0 Å². The van der Waals surface area contributed by atoms with Gasteiger partial charge in [0.1, 0.15) is 6.54 Å². The van der Waals surface area contributed by atoms with Crippen molar-refractivity contribution in [3.05, 3.63) is 21.9 Å². The number of rotatable bonds is 7. The fraction of sp³-hybridized carbons (Fsp3) is 0.667. The Morgan fingerprint density at radius 3 is 2.69 bits per heavy atom. The van der Waals surface area contributed by atoms with E-state index in [0.29, 0.717) is 19.0 Å². The lowest BCUT2D eigenvalue weighted by atomic mass is 10.1. The maximum atomic E-state index is 11.8. The SMILES string of the molecule is CCc1ccc(CNC(=NCC(=O)N(C)C)NCC2CCCCO2)s1.I. The average Bonchev–Trinajstić information content (AvgIpc) is 3.09. The van der Waals surface area contributed by atoms with E-state index >= 15 is 0 Å². The van der Waals surface area contributed by atoms with Gasteiger partial charge in [0.15, 0.2) is 5.96 Å². The van der Waals surface area contributed by atoms with Gasteiger partial charge in [-0.05, 0) is 37.8 Å². The van der Waals surface area contributed by atoms with Crippen molar-refractivity contribution in [3.8, 4) is 0 Å². The Hall–Kier alpha value is -0.870. The standard InChI is InChI=1S/C18H30N4O2S.HI/c1-4-15-8-9-16(25-15)12-20-18(21-13-17(23)22(2)3)19-11-14-7-5-6-10-24-14;/h8-9,14H,4-7,10-13H2,1-3H3,(H2,19,20,21);1H. The molecule has 148 valence electrons. The predicted molar refractivity (Wildman–Crippen MR) is 119 cm³/mol. The monoisotopic (exact) mass is 494 g/mol. The second kappa shape index (κ2) is 12.5. The van der Waals surface area contributed by atoms with Crippen LogP contribution in [-0.4, -0.2) is 56.7 Å². The van der Waals surface area contributed by atoms with Crippen LogP contribution in [0.3, 0.4) is 0 Å². The van der Waals surface area contributed by atoms with E-state index in [2.05, 4.69) is 34.7 Å². The third-order valence-corrected chi connectivity index (χ3v) is 5.37. The molecule has 1 unspecified atom stereocenters. The van der Waals surface area contributed by atoms with Crippen LogP contribution < -0.4 is 10.6 Å². The Morgan fingerprint density at radius 1 is 1.31 bits per heavy atom. The van der Waals surface area contributed by atoms with Gasteiger partial charge in [0.25, 0.3) is 0 Å². The minimum absolute atomic E-state index is 0. The van der Waals surface area contributed by atoms with E-state index in [9.17, 15) is 4.79 Å². The quantitative estimate of drug-likeness (QED) is 0.348. The summed E-state index contributed by atoms with van der Waals surface area (Å²) in [7, 11) is 3.48. The predicted octanol–water partition coefficient (Wildman–Crippen LogP) is 2.62. The molecule has 0 aromatic carbocycles. The lowest BCUT2D eigenvalue weighted by Crippen LogP contribution is -2.42. The molecule has 6 nitrogen and oxygen atoms in total. The van der Waals surface area contributed by atoms with Crippen molar-refractivity contribution in [2.24, 2.45) is 4.99 Å². The summed E-state index contributed by atoms with van der Waals surface area (Å²) in [6.45, 7) is 4.55. The van der Waals surface area contributed by atoms with Crippen LogP contribution in [0.15, 0.2) is 17.1 Å². The second-order valence-electron chi connectivity index (χ2n) is 6.40. The third kappa shape index (κ3) is 8.22. The molecule has 1 atom stereocenters. The van der Waals surface area contributed by atoms with Gasteiger partial charge in [-0.3, -0.25) is 4.79 Å². The largest absolute Gasteiger partial charge is 0.376 e. The highest BCUT2D eigenvalue weighted by Crippen LogP contribution is 2.16. The summed E-state index contributed by atoms with van der Waals surface area (Å²) in [5.41, 5.74) is 0. The van der Waals surface area contributed by atoms with Gasteiger partial charge in [0.05, 0.1) is 12.6 Å². The van der Waals surface area contributed by atoms with Gasteiger partial charge in [-0.25, -0.2) is 4.99 Å². The van der Waals surface area contributed by atoms with Crippen molar-refractivity contribution in [1.29, 1.82) is 0 Å². The number of carbonyl (C=O) groups excluding carboxylic acids is 1. The molecular formula is C18H31IN4O2S. The molecule has 0 spiro atoms. The van der Waals surface area contributed by atoms with E-state index in [1.54, 1.807) is 30.3 Å². The van der Waals surface area contributed by atoms with Crippen LogP contribution in [0.2, 0.25) is 0 Å². The molecule has 0 saturated carbocycles. The molecule has 2 heterocycles. The summed E-state index contributed by atoms with van der Waals surface area (Å²) in [6.07, 6.45) is 4.70. The molecule has 1 saturated heterocycles. The topological polar surface area (TPSA) is 66.0 Å². The van der Waals surface area contributed by atoms with Gasteiger partial charge in [0, 0.05) is 37.0 Å². The second-order valence-corrected chi connectivity index (χ2v) is 7.65. The van der Waals surface area contributed by atoms with Crippen molar-refractivity contribution in [1.82, 2.24) is 15.5 Å². The van der Waals surface area contributed by atoms with Crippen molar-refractivity contribution >= 4 is 47.2 Å². The number of aryl methyl sites for hydroxylation is 1. The van der Waals surface area contributed by atoms with Gasteiger partial charge in [-0.2, -0.15) is 0 Å². The number of nitrogens with zero attached hydrogens (tertiary/aromatic N) is 2. The number of aliphatic imine (C=N–C) groups is 1. The number of thiophene rings is 1. The van der Waals surface area contributed by atoms with Gasteiger partial charge >= 0.3 is 0 Å². The third-order valence-electron chi connectivity index (χ3n) is 4.14. The van der Waals surface area contributed by atoms with E-state index in [1.807, 2.05) is 0 Å². The highest BCUT2D eigenvalue weighted by molar-refractivity contribution is 14.0. The van der Waals surface area contributed by atoms with Crippen LogP contribution in [-0.2, 0) is 22.5 Å². The minimum atomic E-state index is -0.0144. The Morgan fingerprint density at radius 2 is 2.08 bits per heavy atom. The molecule has 1 aromatic heterocycles. The minimum Gasteiger partial charge on any atom is -0.376 e. The van der Waals surface area contributed by atoms with E-state index in [0.717, 1.165) is 25.9 Å². The normalized spacial score (nSPS) is 17.3. The lowest BCUT2D eigenvalue weighted by molar-refractivity contribution is -0.127. The van der Waals surface area contributed by atoms with E-state index < -0.39 is 0 Å². The molecule has 2 rings (SSSR count). The summed E-state index contributed by atoms with van der Waals surface area (Å²) in [4.78, 5) is 20.4. The maximum absolute atomic E-state index is 11.8. The molecule has 1 fully saturated rings. The summed E-state index contributed by atoms with van der Waals surface area (Å²) in [5.74, 6) is 0.648. The van der Waals surface area contributed by atoms with Gasteiger partial charge in [0.2, 0.25) is 5.91 Å². The average molecular weight is 494 g/mol. The maximum Gasteiger partial charge on any atom is 0.243 e. The van der Waals surface area contributed by atoms with Crippen molar-refractivity contribution < 1.29 is 9.53 Å². The Bertz CT molecular complexity index is 571. The first kappa shape index (κ1) is 23.2. The molecule has 1 aliphatic heterocycles. The number of likely N-dealkylation sites (N-methyl/N-ethyl adjacent to an activating group) is 1. The fourth-order valence-corrected chi connectivity index (χ4v) is 3.42. The molecule has 1 aliphatic rings. The zero-order valence-electron chi connectivity index (χ0n) is 15.9. The number of guanidine groups is 1. The van der Waals surface area contributed by atoms with Crippen LogP contribution in [0.5, 0.6) is 0 Å². The Balaban J connectivity index is 0.00000338. The first-order chi connectivity index (χ1) is 12.1. The summed E-state index contributed by atoms with van der Waals surface area (Å²) >= 11 is 1.81. The molecule has 8 heteroatoms. The number of amides is 1. The molecule has 2 N–H and O–H groups in total. The van der Waals surface area contributed by atoms with Crippen LogP contribution in [0.1, 0.15) is 35.9 Å². The smallest absolute Gasteiger partial charge is 0.243 e. The number of hydrogen-bond acceptors (Lipinski definition) is 4. The molecule has 0 aliphatic carbocycles. The Kier molecular flexibility index (Phi) is 11.1. The number of ether oxygens (including phenoxy) is 1. The number of carbonyl (C=O) groups is 1. The van der Waals surface area contributed by atoms with Crippen LogP contribution in [0.25, 0.3) is 0 Å². The molecule has 26 heavy (non-hydrogen) atoms. The Labute approximate surface area is 177 Å². The summed E-state index contributed by atoms with van der Waals surface area (Å²) in [5, 5.41) is 6.65. The lowest BCUT2D eigenvalue weighted by Gasteiger charge is -2.23. The number of nitrogens with one attached hydrogen (secondary N) is 2. The highest BCUT2D eigenvalue weighted by Gasteiger charge is 2.14. The van der Waals surface area contributed by atoms with Crippen molar-refractivity contribution in [2.75, 3.05) is 33.8 Å². The van der Waals surface area contributed by atoms with E-state index in [1.165, 1.54) is 16.2 Å². The first-order valence-corrected chi connectivity index (χ1v) is 9.81. The van der Waals surface area contributed by atoms with Crippen molar-refractivity contribution in [2.45, 2.75) is 45.3 Å². The highest BCUT2D eigenvalue weighted by atomic mass is 127. The molecule has 0 radical (unpaired) electrons. The molecule has 0 bridgehead atoms. The van der Waals surface area contributed by atoms with E-state index in [4.69, 9.17) is 4.74 Å². The van der Waals surface area contributed by atoms with Crippen LogP contribution >= 0.6 is 35.3 Å². The van der Waals surface area contributed by atoms with Gasteiger partial charge in [-0.1, -0.05) is 6.92 Å². The van der Waals surface area contributed by atoms with Crippen molar-refractivity contribution in [3.63, 3.8) is 0 Å². The van der Waals surface area contributed by atoms with Crippen LogP contribution in [0.4, 0.5) is 0 Å². The zero-order chi connectivity index (χ0) is 18.1. The first-order valence-electron chi connectivity index (χ1n) is 9.00.